The van der Waals surface area contributed by atoms with Crippen LogP contribution in [0.15, 0.2) is 12.2 Å². The summed E-state index contributed by atoms with van der Waals surface area (Å²) in [5, 5.41) is 0. The molecule has 0 aromatic carbocycles. The average Bonchev–Trinajstić information content (AvgIpc) is 2.29. The van der Waals surface area contributed by atoms with E-state index in [0.29, 0.717) is 0 Å². The molecule has 1 unspecified atom stereocenters. The summed E-state index contributed by atoms with van der Waals surface area (Å²) in [5.74, 6) is 0.973. The van der Waals surface area contributed by atoms with Crippen molar-refractivity contribution in [3.8, 4) is 0 Å². The lowest BCUT2D eigenvalue weighted by molar-refractivity contribution is 0.436. The zero-order chi connectivity index (χ0) is 11.5. The van der Waals surface area contributed by atoms with Gasteiger partial charge in [0.25, 0.3) is 0 Å². The van der Waals surface area contributed by atoms with Gasteiger partial charge in [-0.25, -0.2) is 0 Å². The fourth-order valence-electron chi connectivity index (χ4n) is 2.60. The molecule has 1 aliphatic carbocycles. The van der Waals surface area contributed by atoms with Crippen LogP contribution >= 0.6 is 0 Å². The molecule has 0 saturated heterocycles. The highest BCUT2D eigenvalue weighted by atomic mass is 14.1. The van der Waals surface area contributed by atoms with Crippen LogP contribution in [0.25, 0.3) is 0 Å². The van der Waals surface area contributed by atoms with E-state index in [4.69, 9.17) is 0 Å². The molecule has 0 saturated carbocycles. The molecule has 0 fully saturated rings. The first-order chi connectivity index (χ1) is 7.89. The predicted molar refractivity (Wildman–Crippen MR) is 73.7 cm³/mol. The van der Waals surface area contributed by atoms with Crippen molar-refractivity contribution in [2.45, 2.75) is 84.0 Å². The third-order valence-electron chi connectivity index (χ3n) is 3.80. The highest BCUT2D eigenvalue weighted by molar-refractivity contribution is 4.81. The molecule has 0 spiro atoms. The molecule has 16 heavy (non-hydrogen) atoms. The van der Waals surface area contributed by atoms with Crippen molar-refractivity contribution in [3.05, 3.63) is 12.2 Å². The van der Waals surface area contributed by atoms with Crippen LogP contribution in [0.4, 0.5) is 0 Å². The average molecular weight is 222 g/mol. The van der Waals surface area contributed by atoms with E-state index in [-0.39, 0.29) is 0 Å². The second-order valence-corrected chi connectivity index (χ2v) is 5.56. The van der Waals surface area contributed by atoms with E-state index >= 15 is 0 Å². The minimum absolute atomic E-state index is 0.973. The smallest absolute Gasteiger partial charge is 0.0351 e. The van der Waals surface area contributed by atoms with Crippen LogP contribution in [-0.4, -0.2) is 0 Å². The van der Waals surface area contributed by atoms with Crippen LogP contribution in [0.5, 0.6) is 0 Å². The number of allylic oxidation sites excluding steroid dienone is 2. The normalized spacial score (nSPS) is 26.9. The first-order valence-corrected chi connectivity index (χ1v) is 7.54. The maximum Gasteiger partial charge on any atom is -0.0351 e. The van der Waals surface area contributed by atoms with Crippen molar-refractivity contribution < 1.29 is 0 Å². The Balaban J connectivity index is 2.17. The lowest BCUT2D eigenvalue weighted by Crippen LogP contribution is -1.95. The molecule has 0 heteroatoms. The Labute approximate surface area is 103 Å². The maximum atomic E-state index is 2.44. The molecule has 1 rings (SSSR count). The molecule has 0 nitrogen and oxygen atoms in total. The number of rotatable bonds is 0. The van der Waals surface area contributed by atoms with Crippen molar-refractivity contribution in [2.24, 2.45) is 5.92 Å². The van der Waals surface area contributed by atoms with Gasteiger partial charge in [0.1, 0.15) is 0 Å². The van der Waals surface area contributed by atoms with E-state index < -0.39 is 0 Å². The molecule has 0 radical (unpaired) electrons. The van der Waals surface area contributed by atoms with Gasteiger partial charge in [0, 0.05) is 0 Å². The molecule has 0 aromatic heterocycles. The van der Waals surface area contributed by atoms with Gasteiger partial charge in [-0.2, -0.15) is 0 Å². The van der Waals surface area contributed by atoms with E-state index in [1.807, 2.05) is 0 Å². The minimum atomic E-state index is 0.973. The zero-order valence-corrected chi connectivity index (χ0v) is 11.2. The fourth-order valence-corrected chi connectivity index (χ4v) is 2.60. The Kier molecular flexibility index (Phi) is 8.57. The van der Waals surface area contributed by atoms with Gasteiger partial charge in [-0.05, 0) is 31.6 Å². The van der Waals surface area contributed by atoms with Crippen molar-refractivity contribution in [3.63, 3.8) is 0 Å². The molecule has 0 heterocycles. The Hall–Kier alpha value is -0.260. The second-order valence-electron chi connectivity index (χ2n) is 5.56. The molecule has 0 N–H and O–H groups in total. The molecule has 0 bridgehead atoms. The maximum absolute atomic E-state index is 2.44. The largest absolute Gasteiger partial charge is 0.0885 e. The molecule has 1 atom stereocenters. The summed E-state index contributed by atoms with van der Waals surface area (Å²) in [6.07, 6.45) is 21.9. The predicted octanol–water partition coefficient (Wildman–Crippen LogP) is 5.87. The lowest BCUT2D eigenvalue weighted by atomic mass is 9.96. The highest BCUT2D eigenvalue weighted by Gasteiger charge is 2.02. The quantitative estimate of drug-likeness (QED) is 0.449. The summed E-state index contributed by atoms with van der Waals surface area (Å²) < 4.78 is 0. The van der Waals surface area contributed by atoms with Gasteiger partial charge >= 0.3 is 0 Å². The summed E-state index contributed by atoms with van der Waals surface area (Å²) >= 11 is 0. The third-order valence-corrected chi connectivity index (χ3v) is 3.80. The van der Waals surface area contributed by atoms with E-state index in [1.54, 1.807) is 0 Å². The van der Waals surface area contributed by atoms with E-state index in [9.17, 15) is 0 Å². The van der Waals surface area contributed by atoms with Crippen LogP contribution in [0.3, 0.4) is 0 Å². The SMILES string of the molecule is CC1CCCCCC=CCCCCCCC1. The summed E-state index contributed by atoms with van der Waals surface area (Å²) in [6, 6.07) is 0. The molecular weight excluding hydrogens is 192 g/mol. The summed E-state index contributed by atoms with van der Waals surface area (Å²) in [7, 11) is 0. The monoisotopic (exact) mass is 222 g/mol. The topological polar surface area (TPSA) is 0 Å². The molecule has 1 aliphatic rings. The molecule has 0 aromatic rings. The molecular formula is C16H30. The Morgan fingerprint density at radius 3 is 1.69 bits per heavy atom. The lowest BCUT2D eigenvalue weighted by Gasteiger charge is -2.10. The number of hydrogen-bond donors (Lipinski definition) is 0. The first-order valence-electron chi connectivity index (χ1n) is 7.54. The van der Waals surface area contributed by atoms with Crippen molar-refractivity contribution in [1.82, 2.24) is 0 Å². The van der Waals surface area contributed by atoms with Crippen molar-refractivity contribution in [1.29, 1.82) is 0 Å². The Bertz CT molecular complexity index is 169. The molecule has 0 amide bonds. The summed E-state index contributed by atoms with van der Waals surface area (Å²) in [4.78, 5) is 0. The Morgan fingerprint density at radius 1 is 0.625 bits per heavy atom. The van der Waals surface area contributed by atoms with Gasteiger partial charge in [-0.1, -0.05) is 70.4 Å². The van der Waals surface area contributed by atoms with Gasteiger partial charge in [0.2, 0.25) is 0 Å². The van der Waals surface area contributed by atoms with Gasteiger partial charge in [0.05, 0.1) is 0 Å². The number of hydrogen-bond acceptors (Lipinski definition) is 0. The zero-order valence-electron chi connectivity index (χ0n) is 11.2. The van der Waals surface area contributed by atoms with Crippen LogP contribution in [0.1, 0.15) is 84.0 Å². The minimum Gasteiger partial charge on any atom is -0.0885 e. The standard InChI is InChI=1S/C16H30/c1-16-14-12-10-8-6-4-2-3-5-7-9-11-13-15-16/h2,4,16H,3,5-15H2,1H3. The van der Waals surface area contributed by atoms with Crippen molar-refractivity contribution in [2.75, 3.05) is 0 Å². The van der Waals surface area contributed by atoms with Gasteiger partial charge < -0.3 is 0 Å². The van der Waals surface area contributed by atoms with Gasteiger partial charge in [-0.15, -0.1) is 0 Å². The second kappa shape index (κ2) is 9.93. The van der Waals surface area contributed by atoms with Crippen LogP contribution in [0, 0.1) is 5.92 Å². The van der Waals surface area contributed by atoms with Crippen molar-refractivity contribution >= 4 is 0 Å². The van der Waals surface area contributed by atoms with E-state index in [0.717, 1.165) is 5.92 Å². The first kappa shape index (κ1) is 13.8. The molecule has 94 valence electrons. The molecule has 0 aliphatic heterocycles. The third kappa shape index (κ3) is 7.96. The fraction of sp³-hybridized carbons (Fsp3) is 0.875. The van der Waals surface area contributed by atoms with Gasteiger partial charge in [-0.3, -0.25) is 0 Å². The summed E-state index contributed by atoms with van der Waals surface area (Å²) in [6.45, 7) is 2.44. The van der Waals surface area contributed by atoms with E-state index in [2.05, 4.69) is 19.1 Å². The van der Waals surface area contributed by atoms with E-state index in [1.165, 1.54) is 77.0 Å². The summed E-state index contributed by atoms with van der Waals surface area (Å²) in [5.41, 5.74) is 0. The van der Waals surface area contributed by atoms with Gasteiger partial charge in [0.15, 0.2) is 0 Å². The Morgan fingerprint density at radius 2 is 1.06 bits per heavy atom. The van der Waals surface area contributed by atoms with Crippen LogP contribution in [-0.2, 0) is 0 Å². The van der Waals surface area contributed by atoms with Crippen LogP contribution < -0.4 is 0 Å². The highest BCUT2D eigenvalue weighted by Crippen LogP contribution is 2.18. The van der Waals surface area contributed by atoms with Crippen LogP contribution in [0.2, 0.25) is 0 Å².